The molecule has 2 N–H and O–H groups in total. The number of aromatic nitrogens is 2. The fourth-order valence-electron chi connectivity index (χ4n) is 1.61. The van der Waals surface area contributed by atoms with Crippen LogP contribution in [0.1, 0.15) is 0 Å². The van der Waals surface area contributed by atoms with Crippen LogP contribution in [0, 0.1) is 3.57 Å². The molecule has 6 nitrogen and oxygen atoms in total. The second-order valence-corrected chi connectivity index (χ2v) is 7.55. The van der Waals surface area contributed by atoms with Gasteiger partial charge in [0.1, 0.15) is 4.90 Å². The van der Waals surface area contributed by atoms with Gasteiger partial charge in [0.05, 0.1) is 18.4 Å². The maximum atomic E-state index is 12.3. The largest absolute Gasteiger partial charge is 0.318 e. The molecule has 1 aromatic carbocycles. The number of nitrogens with zero attached hydrogens (tertiary/aromatic N) is 2. The Morgan fingerprint density at radius 2 is 2.19 bits per heavy atom. The van der Waals surface area contributed by atoms with Crippen LogP contribution >= 0.6 is 34.2 Å². The zero-order valence-corrected chi connectivity index (χ0v) is 14.9. The van der Waals surface area contributed by atoms with E-state index in [1.807, 2.05) is 29.6 Å². The summed E-state index contributed by atoms with van der Waals surface area (Å²) in [5.74, 6) is 0. The normalized spacial score (nSPS) is 11.6. The lowest BCUT2D eigenvalue weighted by molar-refractivity contribution is 0.582. The lowest BCUT2D eigenvalue weighted by Crippen LogP contribution is -2.15. The number of benzene rings is 1. The van der Waals surface area contributed by atoms with Crippen LogP contribution in [0.25, 0.3) is 0 Å². The molecule has 2 rings (SSSR count). The van der Waals surface area contributed by atoms with Crippen LogP contribution in [0.15, 0.2) is 35.5 Å². The van der Waals surface area contributed by atoms with Crippen molar-refractivity contribution in [2.75, 3.05) is 18.3 Å². The van der Waals surface area contributed by atoms with Crippen LogP contribution in [-0.2, 0) is 16.6 Å². The van der Waals surface area contributed by atoms with E-state index >= 15 is 0 Å². The van der Waals surface area contributed by atoms with Crippen LogP contribution in [0.5, 0.6) is 0 Å². The van der Waals surface area contributed by atoms with Gasteiger partial charge in [0.25, 0.3) is 10.0 Å². The van der Waals surface area contributed by atoms with Gasteiger partial charge in [0.2, 0.25) is 0 Å². The fraction of sp³-hybridized carbons (Fsp3) is 0.250. The lowest BCUT2D eigenvalue weighted by atomic mass is 10.3. The number of rotatable bonds is 6. The monoisotopic (exact) mass is 440 g/mol. The van der Waals surface area contributed by atoms with Crippen molar-refractivity contribution < 1.29 is 8.42 Å². The summed E-state index contributed by atoms with van der Waals surface area (Å²) in [5, 5.41) is 7.57. The zero-order chi connectivity index (χ0) is 15.5. The van der Waals surface area contributed by atoms with Gasteiger partial charge in [-0.05, 0) is 47.8 Å². The quantitative estimate of drug-likeness (QED) is 0.675. The smallest absolute Gasteiger partial charge is 0.265 e. The topological polar surface area (TPSA) is 76.0 Å². The highest BCUT2D eigenvalue weighted by Crippen LogP contribution is 2.24. The molecule has 0 radical (unpaired) electrons. The first-order valence-corrected chi connectivity index (χ1v) is 9.01. The van der Waals surface area contributed by atoms with Crippen LogP contribution in [-0.4, -0.2) is 31.8 Å². The molecule has 0 aliphatic heterocycles. The third-order valence-electron chi connectivity index (χ3n) is 2.69. The van der Waals surface area contributed by atoms with Crippen molar-refractivity contribution >= 4 is 49.9 Å². The summed E-state index contributed by atoms with van der Waals surface area (Å²) >= 11 is 7.88. The number of halogens is 2. The third-order valence-corrected chi connectivity index (χ3v) is 5.13. The molecule has 0 saturated carbocycles. The van der Waals surface area contributed by atoms with E-state index in [4.69, 9.17) is 11.6 Å². The molecule has 1 aromatic heterocycles. The van der Waals surface area contributed by atoms with Gasteiger partial charge in [-0.25, -0.2) is 8.42 Å². The van der Waals surface area contributed by atoms with E-state index in [0.29, 0.717) is 23.8 Å². The Morgan fingerprint density at radius 3 is 2.86 bits per heavy atom. The lowest BCUT2D eigenvalue weighted by Gasteiger charge is -2.08. The Hall–Kier alpha value is -0.840. The molecule has 0 aliphatic carbocycles. The van der Waals surface area contributed by atoms with Crippen molar-refractivity contribution in [1.82, 2.24) is 15.1 Å². The van der Waals surface area contributed by atoms with E-state index < -0.39 is 10.0 Å². The van der Waals surface area contributed by atoms with E-state index in [2.05, 4.69) is 15.1 Å². The Bertz CT molecular complexity index is 733. The minimum absolute atomic E-state index is 0.129. The molecule has 0 spiro atoms. The average molecular weight is 441 g/mol. The van der Waals surface area contributed by atoms with Gasteiger partial charge in [0, 0.05) is 21.3 Å². The zero-order valence-electron chi connectivity index (χ0n) is 11.2. The Morgan fingerprint density at radius 1 is 1.43 bits per heavy atom. The van der Waals surface area contributed by atoms with Crippen LogP contribution in [0.2, 0.25) is 5.02 Å². The maximum absolute atomic E-state index is 12.3. The summed E-state index contributed by atoms with van der Waals surface area (Å²) in [6.07, 6.45) is 2.84. The molecule has 21 heavy (non-hydrogen) atoms. The third kappa shape index (κ3) is 4.31. The Labute approximate surface area is 142 Å². The molecule has 0 amide bonds. The predicted molar refractivity (Wildman–Crippen MR) is 91.1 cm³/mol. The van der Waals surface area contributed by atoms with Crippen molar-refractivity contribution in [3.8, 4) is 0 Å². The minimum atomic E-state index is -3.65. The van der Waals surface area contributed by atoms with E-state index in [0.717, 1.165) is 3.57 Å². The Kier molecular flexibility index (Phi) is 5.47. The summed E-state index contributed by atoms with van der Waals surface area (Å²) < 4.78 is 29.5. The summed E-state index contributed by atoms with van der Waals surface area (Å²) in [6.45, 7) is 1.31. The molecule has 0 aliphatic rings. The molecule has 9 heteroatoms. The van der Waals surface area contributed by atoms with Crippen LogP contribution in [0.3, 0.4) is 0 Å². The standard InChI is InChI=1S/C12H14ClIN4O2S/c1-15-4-5-18-8-10(7-16-18)21(19,20)17-12-3-2-9(13)6-11(12)14/h2-3,6-8,15,17H,4-5H2,1H3. The molecule has 0 bridgehead atoms. The highest BCUT2D eigenvalue weighted by molar-refractivity contribution is 14.1. The van der Waals surface area contributed by atoms with Crippen LogP contribution < -0.4 is 10.0 Å². The van der Waals surface area contributed by atoms with Crippen molar-refractivity contribution in [2.45, 2.75) is 11.4 Å². The van der Waals surface area contributed by atoms with E-state index in [-0.39, 0.29) is 4.90 Å². The maximum Gasteiger partial charge on any atom is 0.265 e. The molecular weight excluding hydrogens is 427 g/mol. The SMILES string of the molecule is CNCCn1cc(S(=O)(=O)Nc2ccc(Cl)cc2I)cn1. The van der Waals surface area contributed by atoms with Gasteiger partial charge in [-0.1, -0.05) is 11.6 Å². The average Bonchev–Trinajstić information content (AvgIpc) is 2.89. The fourth-order valence-corrected chi connectivity index (χ4v) is 3.83. The second kappa shape index (κ2) is 6.95. The molecule has 2 aromatic rings. The molecule has 114 valence electrons. The number of hydrogen-bond donors (Lipinski definition) is 2. The highest BCUT2D eigenvalue weighted by Gasteiger charge is 2.17. The van der Waals surface area contributed by atoms with Gasteiger partial charge >= 0.3 is 0 Å². The van der Waals surface area contributed by atoms with Gasteiger partial charge < -0.3 is 5.32 Å². The first-order valence-electron chi connectivity index (χ1n) is 6.07. The van der Waals surface area contributed by atoms with Crippen molar-refractivity contribution in [3.05, 3.63) is 39.2 Å². The second-order valence-electron chi connectivity index (χ2n) is 4.27. The van der Waals surface area contributed by atoms with Gasteiger partial charge in [-0.15, -0.1) is 0 Å². The Balaban J connectivity index is 2.19. The number of hydrogen-bond acceptors (Lipinski definition) is 4. The van der Waals surface area contributed by atoms with E-state index in [1.54, 1.807) is 22.9 Å². The molecule has 0 atom stereocenters. The van der Waals surface area contributed by atoms with Gasteiger partial charge in [-0.2, -0.15) is 5.10 Å². The first kappa shape index (κ1) is 16.5. The summed E-state index contributed by atoms with van der Waals surface area (Å²) in [5.41, 5.74) is 0.489. The number of anilines is 1. The molecule has 0 unspecified atom stereocenters. The molecule has 0 fully saturated rings. The molecular formula is C12H14ClIN4O2S. The first-order chi connectivity index (χ1) is 9.92. The molecule has 0 saturated heterocycles. The highest BCUT2D eigenvalue weighted by atomic mass is 127. The predicted octanol–water partition coefficient (Wildman–Crippen LogP) is 2.16. The number of likely N-dealkylation sites (N-methyl/N-ethyl adjacent to an activating group) is 1. The minimum Gasteiger partial charge on any atom is -0.318 e. The van der Waals surface area contributed by atoms with E-state index in [1.165, 1.54) is 12.4 Å². The van der Waals surface area contributed by atoms with E-state index in [9.17, 15) is 8.42 Å². The molecule has 1 heterocycles. The van der Waals surface area contributed by atoms with Gasteiger partial charge in [-0.3, -0.25) is 9.40 Å². The van der Waals surface area contributed by atoms with Crippen molar-refractivity contribution in [3.63, 3.8) is 0 Å². The van der Waals surface area contributed by atoms with Gasteiger partial charge in [0.15, 0.2) is 0 Å². The summed E-state index contributed by atoms with van der Waals surface area (Å²) in [7, 11) is -1.83. The number of sulfonamides is 1. The summed E-state index contributed by atoms with van der Waals surface area (Å²) in [4.78, 5) is 0.129. The van der Waals surface area contributed by atoms with Crippen LogP contribution in [0.4, 0.5) is 5.69 Å². The number of nitrogens with one attached hydrogen (secondary N) is 2. The summed E-state index contributed by atoms with van der Waals surface area (Å²) in [6, 6.07) is 4.96. The van der Waals surface area contributed by atoms with Crippen molar-refractivity contribution in [1.29, 1.82) is 0 Å². The van der Waals surface area contributed by atoms with Crippen molar-refractivity contribution in [2.24, 2.45) is 0 Å².